The third-order valence-electron chi connectivity index (χ3n) is 4.53. The highest BCUT2D eigenvalue weighted by atomic mass is 32.2. The number of rotatable bonds is 6. The molecule has 1 heterocycles. The van der Waals surface area contributed by atoms with Crippen LogP contribution >= 0.6 is 11.8 Å². The first-order valence-electron chi connectivity index (χ1n) is 7.83. The molecule has 1 saturated carbocycles. The molecule has 2 rings (SSSR count). The second-order valence-corrected chi connectivity index (χ2v) is 6.98. The molecule has 0 spiro atoms. The van der Waals surface area contributed by atoms with Gasteiger partial charge >= 0.3 is 5.97 Å². The molecule has 0 aliphatic heterocycles. The number of hydrogen-bond acceptors (Lipinski definition) is 4. The Balaban J connectivity index is 2.28. The maximum atomic E-state index is 10.8. The van der Waals surface area contributed by atoms with Crippen molar-refractivity contribution in [3.05, 3.63) is 5.82 Å². The van der Waals surface area contributed by atoms with Crippen molar-refractivity contribution in [1.29, 1.82) is 0 Å². The van der Waals surface area contributed by atoms with Crippen molar-refractivity contribution in [2.45, 2.75) is 64.1 Å². The van der Waals surface area contributed by atoms with E-state index in [2.05, 4.69) is 35.5 Å². The second-order valence-electron chi connectivity index (χ2n) is 6.04. The molecule has 1 aromatic rings. The number of aliphatic carboxylic acids is 1. The molecule has 3 unspecified atom stereocenters. The fraction of sp³-hybridized carbons (Fsp3) is 0.800. The van der Waals surface area contributed by atoms with Gasteiger partial charge in [-0.25, -0.2) is 0 Å². The van der Waals surface area contributed by atoms with Gasteiger partial charge in [0.15, 0.2) is 5.16 Å². The summed E-state index contributed by atoms with van der Waals surface area (Å²) in [5.41, 5.74) is 0. The van der Waals surface area contributed by atoms with E-state index in [9.17, 15) is 4.79 Å². The van der Waals surface area contributed by atoms with E-state index in [1.54, 1.807) is 0 Å². The van der Waals surface area contributed by atoms with Crippen LogP contribution in [0.15, 0.2) is 5.16 Å². The van der Waals surface area contributed by atoms with Crippen molar-refractivity contribution >= 4 is 17.7 Å². The molecule has 0 saturated heterocycles. The van der Waals surface area contributed by atoms with Gasteiger partial charge in [-0.3, -0.25) is 4.79 Å². The predicted molar refractivity (Wildman–Crippen MR) is 83.6 cm³/mol. The van der Waals surface area contributed by atoms with Gasteiger partial charge in [0.25, 0.3) is 0 Å². The second kappa shape index (κ2) is 7.29. The highest BCUT2D eigenvalue weighted by molar-refractivity contribution is 7.99. The Hall–Kier alpha value is -1.04. The quantitative estimate of drug-likeness (QED) is 0.815. The van der Waals surface area contributed by atoms with Gasteiger partial charge in [0.2, 0.25) is 0 Å². The third kappa shape index (κ3) is 3.78. The molecule has 0 aromatic carbocycles. The summed E-state index contributed by atoms with van der Waals surface area (Å²) >= 11 is 1.29. The maximum absolute atomic E-state index is 10.8. The van der Waals surface area contributed by atoms with Crippen molar-refractivity contribution in [2.75, 3.05) is 5.75 Å². The molecule has 0 bridgehead atoms. The minimum Gasteiger partial charge on any atom is -0.481 e. The van der Waals surface area contributed by atoms with E-state index in [4.69, 9.17) is 5.11 Å². The molecule has 118 valence electrons. The van der Waals surface area contributed by atoms with Gasteiger partial charge in [-0.2, -0.15) is 0 Å². The number of nitrogens with zero attached hydrogens (tertiary/aromatic N) is 3. The molecular weight excluding hydrogens is 286 g/mol. The van der Waals surface area contributed by atoms with Crippen molar-refractivity contribution in [1.82, 2.24) is 14.8 Å². The van der Waals surface area contributed by atoms with Crippen LogP contribution in [0, 0.1) is 11.8 Å². The van der Waals surface area contributed by atoms with E-state index in [0.29, 0.717) is 17.9 Å². The van der Waals surface area contributed by atoms with E-state index in [0.717, 1.165) is 30.2 Å². The van der Waals surface area contributed by atoms with Crippen molar-refractivity contribution in [2.24, 2.45) is 11.8 Å². The zero-order chi connectivity index (χ0) is 15.4. The van der Waals surface area contributed by atoms with E-state index in [-0.39, 0.29) is 5.75 Å². The fourth-order valence-electron chi connectivity index (χ4n) is 3.18. The molecule has 3 atom stereocenters. The highest BCUT2D eigenvalue weighted by Crippen LogP contribution is 2.40. The zero-order valence-electron chi connectivity index (χ0n) is 13.1. The number of thioether (sulfide) groups is 1. The van der Waals surface area contributed by atoms with Gasteiger partial charge in [0.05, 0.1) is 5.75 Å². The van der Waals surface area contributed by atoms with E-state index >= 15 is 0 Å². The molecule has 0 amide bonds. The van der Waals surface area contributed by atoms with Gasteiger partial charge in [0, 0.05) is 12.5 Å². The summed E-state index contributed by atoms with van der Waals surface area (Å²) in [6.07, 6.45) is 5.57. The minimum absolute atomic E-state index is 0.0426. The third-order valence-corrected chi connectivity index (χ3v) is 5.46. The number of carboxylic acid groups (broad SMARTS) is 1. The summed E-state index contributed by atoms with van der Waals surface area (Å²) in [6.45, 7) is 6.75. The highest BCUT2D eigenvalue weighted by Gasteiger charge is 2.31. The summed E-state index contributed by atoms with van der Waals surface area (Å²) in [4.78, 5) is 10.8. The standard InChI is InChI=1S/C15H25N3O2S/c1-4-6-13-16-17-15(21-9-14(19)20)18(13)12-8-5-7-10(2)11(12)3/h10-12H,4-9H2,1-3H3,(H,19,20). The summed E-state index contributed by atoms with van der Waals surface area (Å²) in [5.74, 6) is 1.52. The molecule has 1 fully saturated rings. The first-order valence-corrected chi connectivity index (χ1v) is 8.81. The number of hydrogen-bond donors (Lipinski definition) is 1. The van der Waals surface area contributed by atoms with E-state index in [1.165, 1.54) is 24.6 Å². The average molecular weight is 311 g/mol. The molecule has 21 heavy (non-hydrogen) atoms. The number of aryl methyl sites for hydroxylation is 1. The average Bonchev–Trinajstić information content (AvgIpc) is 2.83. The van der Waals surface area contributed by atoms with Gasteiger partial charge in [-0.15, -0.1) is 10.2 Å². The Morgan fingerprint density at radius 2 is 2.14 bits per heavy atom. The van der Waals surface area contributed by atoms with Crippen LogP contribution in [0.25, 0.3) is 0 Å². The van der Waals surface area contributed by atoms with Crippen molar-refractivity contribution < 1.29 is 9.90 Å². The maximum Gasteiger partial charge on any atom is 0.313 e. The molecule has 1 aromatic heterocycles. The summed E-state index contributed by atoms with van der Waals surface area (Å²) in [6, 6.07) is 0.404. The Bertz CT molecular complexity index is 489. The van der Waals surface area contributed by atoms with Crippen LogP contribution in [0.2, 0.25) is 0 Å². The lowest BCUT2D eigenvalue weighted by molar-refractivity contribution is -0.133. The summed E-state index contributed by atoms with van der Waals surface area (Å²) < 4.78 is 2.23. The molecular formula is C15H25N3O2S. The van der Waals surface area contributed by atoms with Crippen LogP contribution in [-0.2, 0) is 11.2 Å². The smallest absolute Gasteiger partial charge is 0.313 e. The van der Waals surface area contributed by atoms with E-state index in [1.807, 2.05) is 0 Å². The van der Waals surface area contributed by atoms with Crippen LogP contribution < -0.4 is 0 Å². The number of carboxylic acids is 1. The zero-order valence-corrected chi connectivity index (χ0v) is 13.9. The van der Waals surface area contributed by atoms with Gasteiger partial charge in [-0.1, -0.05) is 45.4 Å². The molecule has 1 aliphatic rings. The van der Waals surface area contributed by atoms with Crippen LogP contribution in [-0.4, -0.2) is 31.6 Å². The number of carbonyl (C=O) groups is 1. The predicted octanol–water partition coefficient (Wildman–Crippen LogP) is 3.40. The lowest BCUT2D eigenvalue weighted by Gasteiger charge is -2.36. The van der Waals surface area contributed by atoms with Crippen LogP contribution in [0.3, 0.4) is 0 Å². The Labute approximate surface area is 130 Å². The molecule has 6 heteroatoms. The Kier molecular flexibility index (Phi) is 5.67. The van der Waals surface area contributed by atoms with Crippen molar-refractivity contribution in [3.8, 4) is 0 Å². The Morgan fingerprint density at radius 1 is 1.38 bits per heavy atom. The first kappa shape index (κ1) is 16.3. The summed E-state index contributed by atoms with van der Waals surface area (Å²) in [5, 5.41) is 18.2. The topological polar surface area (TPSA) is 68.0 Å². The SMILES string of the molecule is CCCc1nnc(SCC(=O)O)n1C1CCCC(C)C1C. The van der Waals surface area contributed by atoms with Gasteiger partial charge in [0.1, 0.15) is 5.82 Å². The van der Waals surface area contributed by atoms with Crippen LogP contribution in [0.1, 0.15) is 58.3 Å². The number of aromatic nitrogens is 3. The normalized spacial score (nSPS) is 26.0. The lowest BCUT2D eigenvalue weighted by atomic mass is 9.78. The molecule has 1 aliphatic carbocycles. The first-order chi connectivity index (χ1) is 10.0. The molecule has 1 N–H and O–H groups in total. The molecule has 0 radical (unpaired) electrons. The van der Waals surface area contributed by atoms with Gasteiger partial charge < -0.3 is 9.67 Å². The Morgan fingerprint density at radius 3 is 2.81 bits per heavy atom. The van der Waals surface area contributed by atoms with Gasteiger partial charge in [-0.05, 0) is 24.7 Å². The lowest BCUT2D eigenvalue weighted by Crippen LogP contribution is -2.28. The van der Waals surface area contributed by atoms with Crippen molar-refractivity contribution in [3.63, 3.8) is 0 Å². The van der Waals surface area contributed by atoms with Crippen LogP contribution in [0.5, 0.6) is 0 Å². The monoisotopic (exact) mass is 311 g/mol. The minimum atomic E-state index is -0.809. The fourth-order valence-corrected chi connectivity index (χ4v) is 3.91. The van der Waals surface area contributed by atoms with Crippen LogP contribution in [0.4, 0.5) is 0 Å². The largest absolute Gasteiger partial charge is 0.481 e. The molecule has 5 nitrogen and oxygen atoms in total. The van der Waals surface area contributed by atoms with E-state index < -0.39 is 5.97 Å². The summed E-state index contributed by atoms with van der Waals surface area (Å²) in [7, 11) is 0.